The van der Waals surface area contributed by atoms with Gasteiger partial charge in [0.25, 0.3) is 0 Å². The fourth-order valence-electron chi connectivity index (χ4n) is 3.87. The van der Waals surface area contributed by atoms with Gasteiger partial charge < -0.3 is 14.6 Å². The van der Waals surface area contributed by atoms with Gasteiger partial charge in [-0.2, -0.15) is 0 Å². The van der Waals surface area contributed by atoms with Gasteiger partial charge in [0, 0.05) is 24.4 Å². The number of para-hydroxylation sites is 1. The Labute approximate surface area is 180 Å². The van der Waals surface area contributed by atoms with E-state index in [4.69, 9.17) is 4.74 Å². The van der Waals surface area contributed by atoms with Crippen LogP contribution in [0.5, 0.6) is 5.75 Å². The summed E-state index contributed by atoms with van der Waals surface area (Å²) in [4.78, 5) is 12.6. The Morgan fingerprint density at radius 1 is 1.33 bits per heavy atom. The van der Waals surface area contributed by atoms with E-state index in [1.54, 1.807) is 6.08 Å². The van der Waals surface area contributed by atoms with Crippen molar-refractivity contribution in [3.8, 4) is 5.75 Å². The maximum atomic E-state index is 12.6. The molecule has 2 aliphatic rings. The van der Waals surface area contributed by atoms with Crippen molar-refractivity contribution >= 4 is 27.5 Å². The number of nitrogens with one attached hydrogen (secondary N) is 1. The molecule has 1 amide bonds. The van der Waals surface area contributed by atoms with E-state index in [1.165, 1.54) is 11.8 Å². The number of fused-ring (bicyclic) bond motifs is 1. The first kappa shape index (κ1) is 20.9. The number of hydrogen-bond acceptors (Lipinski definition) is 7. The molecule has 0 unspecified atom stereocenters. The minimum Gasteiger partial charge on any atom is -0.493 e. The lowest BCUT2D eigenvalue weighted by Gasteiger charge is -2.26. The first-order valence-corrected chi connectivity index (χ1v) is 12.7. The molecule has 0 radical (unpaired) electrons. The normalized spacial score (nSPS) is 22.1. The molecule has 160 valence electrons. The maximum Gasteiger partial charge on any atom is 0.230 e. The molecule has 3 heterocycles. The standard InChI is InChI=1S/C20H24N4O4S2/c1-2-9-24-19(14-8-11-30(26,27)13-14)22-23-20(24)29-12-18(25)21-16-7-10-28-17-6-4-3-5-15(16)17/h2-6,14,16H,1,7-13H2,(H,21,25)/t14-,16-/m1/s1. The molecule has 4 rings (SSSR count). The number of carbonyl (C=O) groups excluding carboxylic acids is 1. The first-order valence-electron chi connectivity index (χ1n) is 9.85. The smallest absolute Gasteiger partial charge is 0.230 e. The Balaban J connectivity index is 1.41. The molecule has 30 heavy (non-hydrogen) atoms. The average molecular weight is 449 g/mol. The minimum atomic E-state index is -3.02. The lowest BCUT2D eigenvalue weighted by molar-refractivity contribution is -0.119. The van der Waals surface area contributed by atoms with Crippen molar-refractivity contribution in [1.29, 1.82) is 0 Å². The summed E-state index contributed by atoms with van der Waals surface area (Å²) < 4.78 is 31.2. The monoisotopic (exact) mass is 448 g/mol. The third-order valence-electron chi connectivity index (χ3n) is 5.28. The molecule has 1 aromatic carbocycles. The number of sulfone groups is 1. The highest BCUT2D eigenvalue weighted by Gasteiger charge is 2.33. The SMILES string of the molecule is C=CCn1c(SCC(=O)N[C@@H]2CCOc3ccccc32)nnc1[C@@H]1CCS(=O)(=O)C1. The van der Waals surface area contributed by atoms with E-state index in [-0.39, 0.29) is 35.1 Å². The van der Waals surface area contributed by atoms with Crippen LogP contribution in [0.25, 0.3) is 0 Å². The average Bonchev–Trinajstić information content (AvgIpc) is 3.29. The first-order chi connectivity index (χ1) is 14.5. The second-order valence-corrected chi connectivity index (χ2v) is 10.6. The zero-order chi connectivity index (χ0) is 21.1. The summed E-state index contributed by atoms with van der Waals surface area (Å²) in [5, 5.41) is 12.1. The molecule has 8 nitrogen and oxygen atoms in total. The van der Waals surface area contributed by atoms with Crippen LogP contribution in [-0.2, 0) is 21.2 Å². The Morgan fingerprint density at radius 3 is 2.93 bits per heavy atom. The number of rotatable bonds is 7. The summed E-state index contributed by atoms with van der Waals surface area (Å²) >= 11 is 1.29. The fourth-order valence-corrected chi connectivity index (χ4v) is 6.37. The van der Waals surface area contributed by atoms with Crippen LogP contribution in [-0.4, -0.2) is 53.0 Å². The zero-order valence-corrected chi connectivity index (χ0v) is 18.1. The fraction of sp³-hybridized carbons (Fsp3) is 0.450. The number of thioether (sulfide) groups is 1. The number of carbonyl (C=O) groups is 1. The summed E-state index contributed by atoms with van der Waals surface area (Å²) in [6.07, 6.45) is 2.99. The van der Waals surface area contributed by atoms with E-state index in [0.717, 1.165) is 17.7 Å². The summed E-state index contributed by atoms with van der Waals surface area (Å²) in [7, 11) is -3.02. The summed E-state index contributed by atoms with van der Waals surface area (Å²) in [6.45, 7) is 4.81. The van der Waals surface area contributed by atoms with Crippen molar-refractivity contribution < 1.29 is 17.9 Å². The second-order valence-electron chi connectivity index (χ2n) is 7.42. The molecule has 0 aliphatic carbocycles. The van der Waals surface area contributed by atoms with Crippen LogP contribution in [0.1, 0.15) is 36.2 Å². The topological polar surface area (TPSA) is 103 Å². The molecular formula is C20H24N4O4S2. The quantitative estimate of drug-likeness (QED) is 0.511. The van der Waals surface area contributed by atoms with E-state index in [2.05, 4.69) is 22.1 Å². The predicted octanol–water partition coefficient (Wildman–Crippen LogP) is 2.10. The Bertz CT molecular complexity index is 1050. The Kier molecular flexibility index (Phi) is 6.14. The highest BCUT2D eigenvalue weighted by molar-refractivity contribution is 7.99. The van der Waals surface area contributed by atoms with Gasteiger partial charge in [0.15, 0.2) is 15.0 Å². The molecule has 2 atom stereocenters. The number of benzene rings is 1. The largest absolute Gasteiger partial charge is 0.493 e. The highest BCUT2D eigenvalue weighted by atomic mass is 32.2. The van der Waals surface area contributed by atoms with Crippen molar-refractivity contribution in [2.24, 2.45) is 0 Å². The third-order valence-corrected chi connectivity index (χ3v) is 8.02. The maximum absolute atomic E-state index is 12.6. The Morgan fingerprint density at radius 2 is 2.17 bits per heavy atom. The van der Waals surface area contributed by atoms with Gasteiger partial charge >= 0.3 is 0 Å². The molecule has 10 heteroatoms. The van der Waals surface area contributed by atoms with E-state index in [1.807, 2.05) is 28.8 Å². The van der Waals surface area contributed by atoms with Gasteiger partial charge in [0.2, 0.25) is 5.91 Å². The second kappa shape index (κ2) is 8.81. The molecule has 0 spiro atoms. The number of hydrogen-bond donors (Lipinski definition) is 1. The molecule has 2 aromatic rings. The van der Waals surface area contributed by atoms with Crippen molar-refractivity contribution in [2.45, 2.75) is 36.5 Å². The van der Waals surface area contributed by atoms with Crippen LogP contribution < -0.4 is 10.1 Å². The van der Waals surface area contributed by atoms with Crippen molar-refractivity contribution in [3.05, 3.63) is 48.3 Å². The molecule has 1 fully saturated rings. The lowest BCUT2D eigenvalue weighted by atomic mass is 10.0. The lowest BCUT2D eigenvalue weighted by Crippen LogP contribution is -2.33. The zero-order valence-electron chi connectivity index (χ0n) is 16.5. The van der Waals surface area contributed by atoms with E-state index in [0.29, 0.717) is 30.6 Å². The van der Waals surface area contributed by atoms with Gasteiger partial charge in [-0.05, 0) is 12.5 Å². The van der Waals surface area contributed by atoms with Gasteiger partial charge in [0.05, 0.1) is 29.9 Å². The van der Waals surface area contributed by atoms with Gasteiger partial charge in [-0.25, -0.2) is 8.42 Å². The number of amides is 1. The number of allylic oxidation sites excluding steroid dienone is 1. The number of ether oxygens (including phenoxy) is 1. The van der Waals surface area contributed by atoms with Crippen molar-refractivity contribution in [3.63, 3.8) is 0 Å². The molecule has 2 aliphatic heterocycles. The highest BCUT2D eigenvalue weighted by Crippen LogP contribution is 2.32. The van der Waals surface area contributed by atoms with E-state index in [9.17, 15) is 13.2 Å². The van der Waals surface area contributed by atoms with Crippen LogP contribution in [0.3, 0.4) is 0 Å². The van der Waals surface area contributed by atoms with Crippen molar-refractivity contribution in [1.82, 2.24) is 20.1 Å². The van der Waals surface area contributed by atoms with Crippen LogP contribution >= 0.6 is 11.8 Å². The summed E-state index contributed by atoms with van der Waals surface area (Å²) in [6, 6.07) is 7.65. The number of nitrogens with zero attached hydrogens (tertiary/aromatic N) is 3. The minimum absolute atomic E-state index is 0.0756. The van der Waals surface area contributed by atoms with E-state index >= 15 is 0 Å². The molecule has 0 bridgehead atoms. The molecule has 1 N–H and O–H groups in total. The summed E-state index contributed by atoms with van der Waals surface area (Å²) in [5.74, 6) is 1.66. The summed E-state index contributed by atoms with van der Waals surface area (Å²) in [5.41, 5.74) is 0.988. The Hall–Kier alpha value is -2.33. The van der Waals surface area contributed by atoms with Gasteiger partial charge in [-0.3, -0.25) is 4.79 Å². The predicted molar refractivity (Wildman–Crippen MR) is 114 cm³/mol. The van der Waals surface area contributed by atoms with E-state index < -0.39 is 9.84 Å². The third kappa shape index (κ3) is 4.54. The molecule has 1 aromatic heterocycles. The van der Waals surface area contributed by atoms with Crippen LogP contribution in [0.2, 0.25) is 0 Å². The van der Waals surface area contributed by atoms with Gasteiger partial charge in [0.1, 0.15) is 11.6 Å². The van der Waals surface area contributed by atoms with Crippen molar-refractivity contribution in [2.75, 3.05) is 23.9 Å². The van der Waals surface area contributed by atoms with Crippen LogP contribution in [0.15, 0.2) is 42.1 Å². The molecular weight excluding hydrogens is 424 g/mol. The molecule has 0 saturated carbocycles. The van der Waals surface area contributed by atoms with Crippen LogP contribution in [0, 0.1) is 0 Å². The number of aromatic nitrogens is 3. The van der Waals surface area contributed by atoms with Gasteiger partial charge in [-0.1, -0.05) is 36.0 Å². The van der Waals surface area contributed by atoms with Gasteiger partial charge in [-0.15, -0.1) is 16.8 Å². The molecule has 1 saturated heterocycles. The van der Waals surface area contributed by atoms with Crippen LogP contribution in [0.4, 0.5) is 0 Å².